The Morgan fingerprint density at radius 2 is 2.11 bits per heavy atom. The van der Waals surface area contributed by atoms with Gasteiger partial charge >= 0.3 is 0 Å². The first-order valence-electron chi connectivity index (χ1n) is 6.63. The number of nitrogens with zero attached hydrogens (tertiary/aromatic N) is 2. The minimum absolute atomic E-state index is 0.00573. The number of rotatable bonds is 4. The summed E-state index contributed by atoms with van der Waals surface area (Å²) >= 11 is 0. The predicted molar refractivity (Wildman–Crippen MR) is 75.1 cm³/mol. The van der Waals surface area contributed by atoms with Crippen molar-refractivity contribution in [2.24, 2.45) is 5.73 Å². The largest absolute Gasteiger partial charge is 0.328 e. The lowest BCUT2D eigenvalue weighted by molar-refractivity contribution is 0.247. The molecule has 0 saturated carbocycles. The number of aromatic nitrogens is 1. The molecule has 2 unspecified atom stereocenters. The van der Waals surface area contributed by atoms with Gasteiger partial charge in [0.25, 0.3) is 0 Å². The summed E-state index contributed by atoms with van der Waals surface area (Å²) in [4.78, 5) is 3.93. The molecule has 2 N–H and O–H groups in total. The summed E-state index contributed by atoms with van der Waals surface area (Å²) in [6, 6.07) is 3.84. The first-order valence-corrected chi connectivity index (χ1v) is 8.24. The van der Waals surface area contributed by atoms with E-state index in [0.717, 1.165) is 18.4 Å². The van der Waals surface area contributed by atoms with Crippen molar-refractivity contribution in [1.82, 2.24) is 9.29 Å². The van der Waals surface area contributed by atoms with Gasteiger partial charge < -0.3 is 5.73 Å². The zero-order valence-corrected chi connectivity index (χ0v) is 12.0. The number of nitrogens with two attached hydrogens (primary N) is 1. The number of piperidine rings is 1. The fourth-order valence-corrected chi connectivity index (χ4v) is 4.26. The Morgan fingerprint density at radius 3 is 2.74 bits per heavy atom. The molecule has 1 fully saturated rings. The van der Waals surface area contributed by atoms with Crippen LogP contribution >= 0.6 is 0 Å². The van der Waals surface area contributed by atoms with Gasteiger partial charge in [-0.15, -0.1) is 0 Å². The molecule has 0 aliphatic carbocycles. The highest BCUT2D eigenvalue weighted by molar-refractivity contribution is 7.89. The molecule has 1 aromatic rings. The van der Waals surface area contributed by atoms with Crippen LogP contribution in [0, 0.1) is 0 Å². The molecule has 5 nitrogen and oxygen atoms in total. The Labute approximate surface area is 114 Å². The Hall–Kier alpha value is -0.980. The van der Waals surface area contributed by atoms with Gasteiger partial charge in [-0.25, -0.2) is 8.42 Å². The van der Waals surface area contributed by atoms with Crippen LogP contribution in [0.15, 0.2) is 24.5 Å². The monoisotopic (exact) mass is 283 g/mol. The normalized spacial score (nSPS) is 25.4. The minimum Gasteiger partial charge on any atom is -0.328 e. The van der Waals surface area contributed by atoms with E-state index >= 15 is 0 Å². The summed E-state index contributed by atoms with van der Waals surface area (Å²) in [7, 11) is -3.20. The summed E-state index contributed by atoms with van der Waals surface area (Å²) in [5.74, 6) is 0.149. The molecule has 0 aromatic carbocycles. The first-order chi connectivity index (χ1) is 8.99. The molecule has 2 rings (SSSR count). The number of hydrogen-bond acceptors (Lipinski definition) is 4. The van der Waals surface area contributed by atoms with Crippen LogP contribution in [0.4, 0.5) is 0 Å². The van der Waals surface area contributed by atoms with E-state index in [0.29, 0.717) is 13.0 Å². The number of aryl methyl sites for hydroxylation is 1. The predicted octanol–water partition coefficient (Wildman–Crippen LogP) is 0.766. The van der Waals surface area contributed by atoms with Crippen LogP contribution < -0.4 is 5.73 Å². The van der Waals surface area contributed by atoms with E-state index in [9.17, 15) is 8.42 Å². The maximum absolute atomic E-state index is 12.3. The molecule has 0 radical (unpaired) electrons. The Morgan fingerprint density at radius 1 is 1.42 bits per heavy atom. The van der Waals surface area contributed by atoms with Crippen LogP contribution in [-0.4, -0.2) is 42.1 Å². The molecule has 1 saturated heterocycles. The highest BCUT2D eigenvalue weighted by Gasteiger charge is 2.31. The molecule has 1 aromatic heterocycles. The average Bonchev–Trinajstić information content (AvgIpc) is 2.37. The fraction of sp³-hybridized carbons (Fsp3) is 0.615. The zero-order valence-electron chi connectivity index (χ0n) is 11.2. The molecule has 0 bridgehead atoms. The van der Waals surface area contributed by atoms with E-state index in [-0.39, 0.29) is 17.8 Å². The summed E-state index contributed by atoms with van der Waals surface area (Å²) in [6.45, 7) is 2.48. The second kappa shape index (κ2) is 5.98. The molecular formula is C13H21N3O2S. The van der Waals surface area contributed by atoms with E-state index in [1.807, 2.05) is 19.1 Å². The van der Waals surface area contributed by atoms with Crippen LogP contribution in [0.25, 0.3) is 0 Å². The quantitative estimate of drug-likeness (QED) is 0.885. The molecule has 1 aliphatic heterocycles. The van der Waals surface area contributed by atoms with Gasteiger partial charge in [0.15, 0.2) is 0 Å². The maximum atomic E-state index is 12.3. The molecule has 6 heteroatoms. The summed E-state index contributed by atoms with van der Waals surface area (Å²) < 4.78 is 26.3. The minimum atomic E-state index is -3.20. The fourth-order valence-electron chi connectivity index (χ4n) is 2.51. The van der Waals surface area contributed by atoms with Crippen LogP contribution in [0.2, 0.25) is 0 Å². The van der Waals surface area contributed by atoms with Crippen molar-refractivity contribution >= 4 is 10.0 Å². The topological polar surface area (TPSA) is 76.3 Å². The van der Waals surface area contributed by atoms with Crippen LogP contribution in [0.1, 0.15) is 25.3 Å². The molecular weight excluding hydrogens is 262 g/mol. The van der Waals surface area contributed by atoms with Crippen LogP contribution in [0.5, 0.6) is 0 Å². The molecule has 1 aliphatic rings. The van der Waals surface area contributed by atoms with Gasteiger partial charge in [0.2, 0.25) is 10.0 Å². The van der Waals surface area contributed by atoms with Gasteiger partial charge in [-0.3, -0.25) is 4.98 Å². The summed E-state index contributed by atoms with van der Waals surface area (Å²) in [5, 5.41) is 0. The van der Waals surface area contributed by atoms with E-state index in [4.69, 9.17) is 5.73 Å². The van der Waals surface area contributed by atoms with Crippen molar-refractivity contribution in [3.63, 3.8) is 0 Å². The van der Waals surface area contributed by atoms with Gasteiger partial charge in [0.05, 0.1) is 5.75 Å². The zero-order chi connectivity index (χ0) is 13.9. The third-order valence-corrected chi connectivity index (χ3v) is 5.59. The lowest BCUT2D eigenvalue weighted by Crippen LogP contribution is -2.49. The molecule has 2 atom stereocenters. The van der Waals surface area contributed by atoms with Gasteiger partial charge in [0.1, 0.15) is 0 Å². The molecule has 2 heterocycles. The Kier molecular flexibility index (Phi) is 4.54. The summed E-state index contributed by atoms with van der Waals surface area (Å²) in [5.41, 5.74) is 6.87. The second-order valence-electron chi connectivity index (χ2n) is 5.17. The lowest BCUT2D eigenvalue weighted by Gasteiger charge is -2.35. The van der Waals surface area contributed by atoms with Crippen molar-refractivity contribution in [2.75, 3.05) is 12.3 Å². The lowest BCUT2D eigenvalue weighted by atomic mass is 10.0. The summed E-state index contributed by atoms with van der Waals surface area (Å²) in [6.07, 6.45) is 5.39. The van der Waals surface area contributed by atoms with Gasteiger partial charge in [-0.05, 0) is 43.9 Å². The van der Waals surface area contributed by atoms with Crippen molar-refractivity contribution in [3.05, 3.63) is 30.1 Å². The van der Waals surface area contributed by atoms with E-state index in [1.54, 1.807) is 16.7 Å². The van der Waals surface area contributed by atoms with E-state index in [2.05, 4.69) is 4.98 Å². The van der Waals surface area contributed by atoms with Crippen molar-refractivity contribution in [1.29, 1.82) is 0 Å². The van der Waals surface area contributed by atoms with Crippen LogP contribution in [0.3, 0.4) is 0 Å². The molecule has 106 valence electrons. The highest BCUT2D eigenvalue weighted by Crippen LogP contribution is 2.20. The van der Waals surface area contributed by atoms with Gasteiger partial charge in [-0.2, -0.15) is 4.31 Å². The van der Waals surface area contributed by atoms with E-state index < -0.39 is 10.0 Å². The standard InChI is InChI=1S/C13H21N3O2S/c1-11-10-13(14)4-8-16(11)19(17,18)9-5-12-2-6-15-7-3-12/h2-3,6-7,11,13H,4-5,8-10,14H2,1H3. The van der Waals surface area contributed by atoms with Crippen molar-refractivity contribution in [3.8, 4) is 0 Å². The molecule has 19 heavy (non-hydrogen) atoms. The number of hydrogen-bond donors (Lipinski definition) is 1. The average molecular weight is 283 g/mol. The highest BCUT2D eigenvalue weighted by atomic mass is 32.2. The van der Waals surface area contributed by atoms with Crippen molar-refractivity contribution < 1.29 is 8.42 Å². The first kappa shape index (κ1) is 14.4. The van der Waals surface area contributed by atoms with Crippen LogP contribution in [-0.2, 0) is 16.4 Å². The number of pyridine rings is 1. The Balaban J connectivity index is 1.98. The van der Waals surface area contributed by atoms with Gasteiger partial charge in [0, 0.05) is 31.0 Å². The van der Waals surface area contributed by atoms with Gasteiger partial charge in [-0.1, -0.05) is 0 Å². The smallest absolute Gasteiger partial charge is 0.214 e. The third-order valence-electron chi connectivity index (χ3n) is 3.61. The number of sulfonamides is 1. The molecule has 0 amide bonds. The van der Waals surface area contributed by atoms with Crippen molar-refractivity contribution in [2.45, 2.75) is 38.3 Å². The SMILES string of the molecule is CC1CC(N)CCN1S(=O)(=O)CCc1ccncc1. The maximum Gasteiger partial charge on any atom is 0.214 e. The second-order valence-corrected chi connectivity index (χ2v) is 7.21. The Bertz CT molecular complexity index is 504. The third kappa shape index (κ3) is 3.75. The molecule has 0 spiro atoms. The van der Waals surface area contributed by atoms with E-state index in [1.165, 1.54) is 0 Å².